The third kappa shape index (κ3) is 13.0. The van der Waals surface area contributed by atoms with E-state index in [1.165, 1.54) is 62.8 Å². The highest BCUT2D eigenvalue weighted by molar-refractivity contribution is 5.90. The minimum absolute atomic E-state index is 0.0433. The molecule has 236 valence electrons. The zero-order valence-electron chi connectivity index (χ0n) is 24.3. The van der Waals surface area contributed by atoms with E-state index in [1.807, 2.05) is 19.1 Å². The number of carboxylic acid groups (broad SMARTS) is 1. The Bertz CT molecular complexity index is 1450. The molecule has 0 atom stereocenters. The van der Waals surface area contributed by atoms with Gasteiger partial charge in [-0.05, 0) is 80.4 Å². The summed E-state index contributed by atoms with van der Waals surface area (Å²) in [4.78, 5) is 32.5. The summed E-state index contributed by atoms with van der Waals surface area (Å²) in [5.41, 5.74) is 1.36. The third-order valence-corrected chi connectivity index (χ3v) is 5.62. The maximum Gasteiger partial charge on any atom is 0.412 e. The van der Waals surface area contributed by atoms with Crippen LogP contribution in [0.2, 0.25) is 0 Å². The van der Waals surface area contributed by atoms with E-state index in [0.29, 0.717) is 22.3 Å². The van der Waals surface area contributed by atoms with Crippen LogP contribution in [-0.2, 0) is 9.47 Å². The van der Waals surface area contributed by atoms with Gasteiger partial charge in [0, 0.05) is 11.1 Å². The summed E-state index contributed by atoms with van der Waals surface area (Å²) in [5.74, 6) is -1.92. The van der Waals surface area contributed by atoms with Crippen LogP contribution in [0.25, 0.3) is 12.2 Å². The molecule has 0 saturated carbocycles. The van der Waals surface area contributed by atoms with Gasteiger partial charge in [-0.2, -0.15) is 26.3 Å². The number of hydrogen-bond acceptors (Lipinski definition) is 5. The monoisotopic (exact) mass is 624 g/mol. The Kier molecular flexibility index (Phi) is 14.1. The van der Waals surface area contributed by atoms with Crippen molar-refractivity contribution in [2.75, 3.05) is 14.2 Å². The third-order valence-electron chi connectivity index (χ3n) is 5.62. The van der Waals surface area contributed by atoms with Crippen molar-refractivity contribution in [3.8, 4) is 0 Å². The lowest BCUT2D eigenvalue weighted by molar-refractivity contribution is -0.0912. The number of allylic oxidation sites excluding steroid dienone is 2. The summed E-state index contributed by atoms with van der Waals surface area (Å²) >= 11 is 0. The number of alkyl halides is 6. The predicted octanol–water partition coefficient (Wildman–Crippen LogP) is 8.57. The first-order valence-corrected chi connectivity index (χ1v) is 12.6. The van der Waals surface area contributed by atoms with E-state index in [9.17, 15) is 40.7 Å². The fourth-order valence-electron chi connectivity index (χ4n) is 3.03. The molecule has 0 aromatic heterocycles. The van der Waals surface area contributed by atoms with E-state index in [1.54, 1.807) is 12.1 Å². The summed E-state index contributed by atoms with van der Waals surface area (Å²) in [7, 11) is 2.62. The van der Waals surface area contributed by atoms with Crippen molar-refractivity contribution in [2.24, 2.45) is 0 Å². The summed E-state index contributed by atoms with van der Waals surface area (Å²) in [6.45, 7) is 3.93. The van der Waals surface area contributed by atoms with Crippen LogP contribution in [0.1, 0.15) is 61.6 Å². The van der Waals surface area contributed by atoms with Crippen LogP contribution < -0.4 is 0 Å². The smallest absolute Gasteiger partial charge is 0.412 e. The van der Waals surface area contributed by atoms with Crippen molar-refractivity contribution in [3.63, 3.8) is 0 Å². The number of methoxy groups -OCH3 is 2. The maximum absolute atomic E-state index is 12.3. The SMILES string of the molecule is C/C(=C\c1ccc(C(=O)O)cc1)C(F)(F)F.COC(=O)c1ccc(/C=C(\C)C(F)(F)F)cc1.COC(=O)c1ccc(C)cc1. The molecule has 0 saturated heterocycles. The zero-order chi connectivity index (χ0) is 33.7. The van der Waals surface area contributed by atoms with Gasteiger partial charge in [0.15, 0.2) is 0 Å². The Morgan fingerprint density at radius 3 is 1.16 bits per heavy atom. The molecule has 3 aromatic carbocycles. The standard InChI is InChI=1S/C12H11F3O2.C11H9F3O2.C9H10O2/c1-8(12(13,14)15)7-9-3-5-10(6-4-9)11(16)17-2;1-7(11(12,13)14)6-8-2-4-9(5-3-8)10(15)16;1-7-3-5-8(6-4-7)9(10)11-2/h3-7H,1-2H3;2-6H,1H3,(H,15,16);3-6H,1-2H3/b8-7+;7-6+;. The molecule has 0 unspecified atom stereocenters. The molecule has 0 bridgehead atoms. The maximum atomic E-state index is 12.3. The van der Waals surface area contributed by atoms with Crippen LogP contribution in [0, 0.1) is 6.92 Å². The average molecular weight is 625 g/mol. The topological polar surface area (TPSA) is 89.9 Å². The molecule has 0 aliphatic rings. The molecule has 0 spiro atoms. The number of halogens is 6. The molecule has 1 N–H and O–H groups in total. The molecule has 6 nitrogen and oxygen atoms in total. The van der Waals surface area contributed by atoms with Crippen molar-refractivity contribution in [1.29, 1.82) is 0 Å². The van der Waals surface area contributed by atoms with Crippen LogP contribution in [-0.4, -0.2) is 49.6 Å². The van der Waals surface area contributed by atoms with Crippen LogP contribution in [0.3, 0.4) is 0 Å². The molecule has 3 rings (SSSR count). The Labute approximate surface area is 250 Å². The summed E-state index contributed by atoms with van der Waals surface area (Å²) in [5, 5.41) is 8.59. The van der Waals surface area contributed by atoms with Gasteiger partial charge in [0.1, 0.15) is 0 Å². The van der Waals surface area contributed by atoms with E-state index in [0.717, 1.165) is 31.6 Å². The Morgan fingerprint density at radius 2 is 0.886 bits per heavy atom. The minimum Gasteiger partial charge on any atom is -0.478 e. The molecule has 0 radical (unpaired) electrons. The fraction of sp³-hybridized carbons (Fsp3) is 0.219. The molecule has 0 aliphatic heterocycles. The van der Waals surface area contributed by atoms with Crippen molar-refractivity contribution in [3.05, 3.63) is 117 Å². The first kappa shape index (κ1) is 37.2. The van der Waals surface area contributed by atoms with Crippen molar-refractivity contribution in [2.45, 2.75) is 33.1 Å². The van der Waals surface area contributed by atoms with E-state index >= 15 is 0 Å². The number of ether oxygens (including phenoxy) is 2. The van der Waals surface area contributed by atoms with Gasteiger partial charge in [-0.15, -0.1) is 0 Å². The fourth-order valence-corrected chi connectivity index (χ4v) is 3.03. The Hall–Kier alpha value is -4.87. The normalized spacial score (nSPS) is 11.7. The number of carboxylic acids is 1. The van der Waals surface area contributed by atoms with E-state index in [4.69, 9.17) is 5.11 Å². The molecule has 44 heavy (non-hydrogen) atoms. The summed E-state index contributed by atoms with van der Waals surface area (Å²) in [6.07, 6.45) is -6.71. The molecule has 0 fully saturated rings. The van der Waals surface area contributed by atoms with Gasteiger partial charge in [-0.25, -0.2) is 14.4 Å². The van der Waals surface area contributed by atoms with Gasteiger partial charge in [0.2, 0.25) is 0 Å². The summed E-state index contributed by atoms with van der Waals surface area (Å²) in [6, 6.07) is 18.2. The van der Waals surface area contributed by atoms with Gasteiger partial charge in [-0.3, -0.25) is 0 Å². The van der Waals surface area contributed by atoms with Gasteiger partial charge in [-0.1, -0.05) is 42.0 Å². The molecular weight excluding hydrogens is 594 g/mol. The second kappa shape index (κ2) is 16.7. The quantitative estimate of drug-likeness (QED) is 0.226. The number of carbonyl (C=O) groups is 3. The first-order chi connectivity index (χ1) is 20.4. The van der Waals surface area contributed by atoms with Crippen molar-refractivity contribution in [1.82, 2.24) is 0 Å². The van der Waals surface area contributed by atoms with Crippen LogP contribution in [0.4, 0.5) is 26.3 Å². The van der Waals surface area contributed by atoms with Crippen LogP contribution >= 0.6 is 0 Å². The number of carbonyl (C=O) groups excluding carboxylic acids is 2. The molecule has 12 heteroatoms. The van der Waals surface area contributed by atoms with Crippen LogP contribution in [0.5, 0.6) is 0 Å². The average Bonchev–Trinajstić information content (AvgIpc) is 2.97. The second-order valence-corrected chi connectivity index (χ2v) is 9.05. The van der Waals surface area contributed by atoms with E-state index in [-0.39, 0.29) is 11.5 Å². The Balaban J connectivity index is 0.000000338. The zero-order valence-corrected chi connectivity index (χ0v) is 24.3. The molecule has 0 amide bonds. The van der Waals surface area contributed by atoms with Crippen molar-refractivity contribution < 1.29 is 55.3 Å². The number of esters is 2. The highest BCUT2D eigenvalue weighted by atomic mass is 19.4. The number of aromatic carboxylic acids is 1. The largest absolute Gasteiger partial charge is 0.478 e. The number of rotatable bonds is 5. The highest BCUT2D eigenvalue weighted by Gasteiger charge is 2.30. The molecular formula is C32H30F6O6. The molecule has 0 aliphatic carbocycles. The predicted molar refractivity (Wildman–Crippen MR) is 153 cm³/mol. The molecule has 0 heterocycles. The van der Waals surface area contributed by atoms with Crippen molar-refractivity contribution >= 4 is 30.1 Å². The number of benzene rings is 3. The first-order valence-electron chi connectivity index (χ1n) is 12.6. The Morgan fingerprint density at radius 1 is 0.591 bits per heavy atom. The van der Waals surface area contributed by atoms with Gasteiger partial charge >= 0.3 is 30.3 Å². The van der Waals surface area contributed by atoms with Gasteiger partial charge in [0.05, 0.1) is 30.9 Å². The van der Waals surface area contributed by atoms with E-state index in [2.05, 4.69) is 9.47 Å². The lowest BCUT2D eigenvalue weighted by atomic mass is 10.1. The number of hydrogen-bond donors (Lipinski definition) is 1. The second-order valence-electron chi connectivity index (χ2n) is 9.05. The highest BCUT2D eigenvalue weighted by Crippen LogP contribution is 2.27. The number of aryl methyl sites for hydroxylation is 1. The summed E-state index contributed by atoms with van der Waals surface area (Å²) < 4.78 is 82.3. The lowest BCUT2D eigenvalue weighted by Crippen LogP contribution is -2.08. The van der Waals surface area contributed by atoms with E-state index < -0.39 is 35.4 Å². The van der Waals surface area contributed by atoms with Crippen LogP contribution in [0.15, 0.2) is 83.9 Å². The van der Waals surface area contributed by atoms with Gasteiger partial charge < -0.3 is 14.6 Å². The van der Waals surface area contributed by atoms with Gasteiger partial charge in [0.25, 0.3) is 0 Å². The lowest BCUT2D eigenvalue weighted by Gasteiger charge is -2.06. The molecule has 3 aromatic rings. The minimum atomic E-state index is -4.36.